The number of hydrogen-bond acceptors (Lipinski definition) is 1. The minimum Gasteiger partial charge on any atom is -0.361 e. The molecular formula is C2H2F2O2. The third-order valence-electron chi connectivity index (χ3n) is 0.187. The minimum absolute atomic E-state index is 2.49. The lowest BCUT2D eigenvalue weighted by molar-refractivity contribution is -0.125. The standard InChI is InChI=1S/C2H2F2O2/c3-1(4)2(5)6/h2,5H. The van der Waals surface area contributed by atoms with Gasteiger partial charge in [0.25, 0.3) is 6.29 Å². The van der Waals surface area contributed by atoms with E-state index in [1.54, 1.807) is 0 Å². The molecular weight excluding hydrogens is 94.0 g/mol. The van der Waals surface area contributed by atoms with E-state index in [0.717, 1.165) is 0 Å². The lowest BCUT2D eigenvalue weighted by Crippen LogP contribution is -2.05. The van der Waals surface area contributed by atoms with Crippen molar-refractivity contribution < 1.29 is 19.0 Å². The molecule has 0 fully saturated rings. The van der Waals surface area contributed by atoms with Crippen LogP contribution in [-0.2, 0) is 5.11 Å². The average Bonchev–Trinajstić information content (AvgIpc) is 1.36. The molecule has 1 atom stereocenters. The predicted molar refractivity (Wildman–Crippen MR) is 12.2 cm³/mol. The van der Waals surface area contributed by atoms with Crippen LogP contribution in [0.25, 0.3) is 0 Å². The van der Waals surface area contributed by atoms with Gasteiger partial charge in [0.1, 0.15) is 0 Å². The molecule has 0 aromatic heterocycles. The molecule has 0 rings (SSSR count). The molecule has 2 radical (unpaired) electrons. The van der Waals surface area contributed by atoms with Crippen LogP contribution in [0.1, 0.15) is 0 Å². The van der Waals surface area contributed by atoms with Crippen LogP contribution < -0.4 is 0 Å². The SMILES string of the molecule is [O]C(O)[C](F)F. The molecule has 2 nitrogen and oxygen atoms in total. The summed E-state index contributed by atoms with van der Waals surface area (Å²) < 4.78 is 21.0. The van der Waals surface area contributed by atoms with Crippen molar-refractivity contribution in [2.24, 2.45) is 0 Å². The summed E-state index contributed by atoms with van der Waals surface area (Å²) in [5.74, 6) is 0. The van der Waals surface area contributed by atoms with Crippen molar-refractivity contribution in [2.45, 2.75) is 6.29 Å². The summed E-state index contributed by atoms with van der Waals surface area (Å²) in [6.07, 6.45) is -5.31. The summed E-state index contributed by atoms with van der Waals surface area (Å²) in [6, 6.07) is 0. The fourth-order valence-electron chi connectivity index (χ4n) is 0. The van der Waals surface area contributed by atoms with Gasteiger partial charge in [0.15, 0.2) is 0 Å². The third-order valence-corrected chi connectivity index (χ3v) is 0.187. The second kappa shape index (κ2) is 2.04. The summed E-state index contributed by atoms with van der Waals surface area (Å²) >= 11 is 0. The average molecular weight is 96.0 g/mol. The normalized spacial score (nSPS) is 11.0. The maximum atomic E-state index is 10.5. The molecule has 6 heavy (non-hydrogen) atoms. The summed E-state index contributed by atoms with van der Waals surface area (Å²) in [5.41, 5.74) is 0. The van der Waals surface area contributed by atoms with E-state index in [1.807, 2.05) is 0 Å². The van der Waals surface area contributed by atoms with Gasteiger partial charge in [0.2, 0.25) is 0 Å². The first-order valence-corrected chi connectivity index (χ1v) is 1.16. The molecule has 0 aromatic carbocycles. The lowest BCUT2D eigenvalue weighted by atomic mass is 10.7. The first kappa shape index (κ1) is 5.78. The second-order valence-electron chi connectivity index (χ2n) is 0.642. The fourth-order valence-corrected chi connectivity index (χ4v) is 0. The largest absolute Gasteiger partial charge is 0.367 e. The maximum Gasteiger partial charge on any atom is 0.367 e. The lowest BCUT2D eigenvalue weighted by Gasteiger charge is -1.90. The molecule has 0 amide bonds. The van der Waals surface area contributed by atoms with Crippen LogP contribution in [0.2, 0.25) is 0 Å². The summed E-state index contributed by atoms with van der Waals surface area (Å²) in [4.78, 5) is 0. The third kappa shape index (κ3) is 2.04. The number of aliphatic hydroxyl groups is 1. The van der Waals surface area contributed by atoms with Crippen LogP contribution in [0.3, 0.4) is 0 Å². The van der Waals surface area contributed by atoms with E-state index in [9.17, 15) is 8.78 Å². The Hall–Kier alpha value is -0.220. The summed E-state index contributed by atoms with van der Waals surface area (Å²) in [7, 11) is 0. The highest BCUT2D eigenvalue weighted by molar-refractivity contribution is 4.58. The Bertz CT molecular complexity index is 30.5. The molecule has 0 saturated carbocycles. The van der Waals surface area contributed by atoms with Gasteiger partial charge in [0.05, 0.1) is 0 Å². The van der Waals surface area contributed by atoms with Crippen molar-refractivity contribution >= 4 is 0 Å². The van der Waals surface area contributed by atoms with Crippen LogP contribution >= 0.6 is 0 Å². The van der Waals surface area contributed by atoms with Crippen molar-refractivity contribution in [3.8, 4) is 0 Å². The van der Waals surface area contributed by atoms with Crippen molar-refractivity contribution in [3.05, 3.63) is 6.43 Å². The molecule has 0 saturated heterocycles. The molecule has 0 aliphatic heterocycles. The van der Waals surface area contributed by atoms with Gasteiger partial charge in [-0.3, -0.25) is 0 Å². The Kier molecular flexibility index (Phi) is 1.97. The minimum atomic E-state index is -2.81. The van der Waals surface area contributed by atoms with E-state index in [0.29, 0.717) is 0 Å². The van der Waals surface area contributed by atoms with Gasteiger partial charge in [-0.25, -0.2) is 0 Å². The Morgan fingerprint density at radius 1 is 1.67 bits per heavy atom. The quantitative estimate of drug-likeness (QED) is 0.464. The van der Waals surface area contributed by atoms with Gasteiger partial charge in [0, 0.05) is 0 Å². The molecule has 0 aliphatic carbocycles. The highest BCUT2D eigenvalue weighted by atomic mass is 19.3. The van der Waals surface area contributed by atoms with Crippen LogP contribution in [0.5, 0.6) is 0 Å². The summed E-state index contributed by atoms with van der Waals surface area (Å²) in [5, 5.41) is 16.3. The maximum absolute atomic E-state index is 10.5. The highest BCUT2D eigenvalue weighted by Crippen LogP contribution is 2.05. The molecule has 36 valence electrons. The van der Waals surface area contributed by atoms with Crippen molar-refractivity contribution in [3.63, 3.8) is 0 Å². The van der Waals surface area contributed by atoms with Crippen LogP contribution in [0.4, 0.5) is 8.78 Å². The zero-order chi connectivity index (χ0) is 5.15. The smallest absolute Gasteiger partial charge is 0.361 e. The van der Waals surface area contributed by atoms with Crippen LogP contribution in [0.15, 0.2) is 0 Å². The molecule has 0 aromatic rings. The molecule has 0 aliphatic rings. The molecule has 1 N–H and O–H groups in total. The van der Waals surface area contributed by atoms with E-state index >= 15 is 0 Å². The Morgan fingerprint density at radius 2 is 1.83 bits per heavy atom. The molecule has 0 bridgehead atoms. The second-order valence-corrected chi connectivity index (χ2v) is 0.642. The Balaban J connectivity index is 2.99. The number of rotatable bonds is 1. The number of hydrogen-bond donors (Lipinski definition) is 1. The molecule has 1 unspecified atom stereocenters. The molecule has 0 heterocycles. The van der Waals surface area contributed by atoms with Gasteiger partial charge < -0.3 is 5.11 Å². The molecule has 0 spiro atoms. The van der Waals surface area contributed by atoms with E-state index in [2.05, 4.69) is 0 Å². The summed E-state index contributed by atoms with van der Waals surface area (Å²) in [6.45, 7) is 0. The van der Waals surface area contributed by atoms with Gasteiger partial charge >= 0.3 is 6.43 Å². The van der Waals surface area contributed by atoms with Crippen LogP contribution in [-0.4, -0.2) is 11.4 Å². The first-order valence-electron chi connectivity index (χ1n) is 1.16. The van der Waals surface area contributed by atoms with Gasteiger partial charge in [-0.15, -0.1) is 0 Å². The van der Waals surface area contributed by atoms with E-state index in [-0.39, 0.29) is 0 Å². The highest BCUT2D eigenvalue weighted by Gasteiger charge is 2.16. The van der Waals surface area contributed by atoms with Crippen LogP contribution in [0, 0.1) is 6.43 Å². The monoisotopic (exact) mass is 96.0 g/mol. The fraction of sp³-hybridized carbons (Fsp3) is 0.500. The van der Waals surface area contributed by atoms with E-state index < -0.39 is 12.7 Å². The Morgan fingerprint density at radius 3 is 1.83 bits per heavy atom. The van der Waals surface area contributed by atoms with Crippen molar-refractivity contribution in [1.82, 2.24) is 0 Å². The topological polar surface area (TPSA) is 40.1 Å². The Labute approximate surface area is 33.0 Å². The van der Waals surface area contributed by atoms with Gasteiger partial charge in [-0.2, -0.15) is 13.9 Å². The van der Waals surface area contributed by atoms with Crippen molar-refractivity contribution in [1.29, 1.82) is 0 Å². The van der Waals surface area contributed by atoms with Gasteiger partial charge in [-0.1, -0.05) is 0 Å². The van der Waals surface area contributed by atoms with E-state index in [1.165, 1.54) is 0 Å². The number of halogens is 2. The molecule has 4 heteroatoms. The van der Waals surface area contributed by atoms with Crippen molar-refractivity contribution in [2.75, 3.05) is 0 Å². The zero-order valence-electron chi connectivity index (χ0n) is 2.69. The van der Waals surface area contributed by atoms with Gasteiger partial charge in [-0.05, 0) is 0 Å². The van der Waals surface area contributed by atoms with E-state index in [4.69, 9.17) is 10.2 Å². The number of aliphatic hydroxyl groups excluding tert-OH is 1. The first-order chi connectivity index (χ1) is 2.64. The zero-order valence-corrected chi connectivity index (χ0v) is 2.69. The predicted octanol–water partition coefficient (Wildman–Crippen LogP) is 0.164.